The Bertz CT molecular complexity index is 1180. The molecule has 0 radical (unpaired) electrons. The number of nitrogens with zero attached hydrogens (tertiary/aromatic N) is 4. The molecule has 0 aliphatic heterocycles. The van der Waals surface area contributed by atoms with Crippen LogP contribution in [0, 0.1) is 0 Å². The van der Waals surface area contributed by atoms with Crippen molar-refractivity contribution in [3.63, 3.8) is 0 Å². The number of thioether (sulfide) groups is 1. The minimum atomic E-state index is -3.60. The molecule has 0 N–H and O–H groups in total. The summed E-state index contributed by atoms with van der Waals surface area (Å²) in [5, 5.41) is 8.30. The van der Waals surface area contributed by atoms with Gasteiger partial charge in [-0.15, -0.1) is 10.2 Å². The van der Waals surface area contributed by atoms with E-state index in [1.165, 1.54) is 10.4 Å². The van der Waals surface area contributed by atoms with Gasteiger partial charge < -0.3 is 9.32 Å². The molecule has 0 bridgehead atoms. The predicted molar refractivity (Wildman–Crippen MR) is 130 cm³/mol. The van der Waals surface area contributed by atoms with Gasteiger partial charge >= 0.3 is 0 Å². The third-order valence-corrected chi connectivity index (χ3v) is 7.82. The van der Waals surface area contributed by atoms with Crippen LogP contribution in [0.2, 0.25) is 0 Å². The lowest BCUT2D eigenvalue weighted by Crippen LogP contribution is -2.38. The van der Waals surface area contributed by atoms with Gasteiger partial charge in [0.05, 0.1) is 10.6 Å². The molecule has 0 atom stereocenters. The molecule has 8 nitrogen and oxygen atoms in total. The Kier molecular flexibility index (Phi) is 8.28. The lowest BCUT2D eigenvalue weighted by atomic mass is 10.2. The zero-order chi connectivity index (χ0) is 24.0. The Morgan fingerprint density at radius 3 is 2.36 bits per heavy atom. The van der Waals surface area contributed by atoms with Gasteiger partial charge in [-0.25, -0.2) is 8.42 Å². The molecule has 2 aromatic carbocycles. The van der Waals surface area contributed by atoms with E-state index in [9.17, 15) is 13.2 Å². The number of carbonyl (C=O) groups excluding carboxylic acids is 1. The lowest BCUT2D eigenvalue weighted by Gasteiger charge is -2.26. The zero-order valence-electron chi connectivity index (χ0n) is 19.1. The molecule has 10 heteroatoms. The number of benzene rings is 2. The lowest BCUT2D eigenvalue weighted by molar-refractivity contribution is -0.116. The Morgan fingerprint density at radius 1 is 1.03 bits per heavy atom. The fraction of sp³-hybridized carbons (Fsp3) is 0.348. The van der Waals surface area contributed by atoms with Crippen LogP contribution in [-0.2, 0) is 14.8 Å². The van der Waals surface area contributed by atoms with E-state index in [-0.39, 0.29) is 33.7 Å². The average molecular weight is 489 g/mol. The van der Waals surface area contributed by atoms with E-state index >= 15 is 0 Å². The monoisotopic (exact) mass is 488 g/mol. The van der Waals surface area contributed by atoms with E-state index < -0.39 is 10.0 Å². The van der Waals surface area contributed by atoms with E-state index in [1.807, 2.05) is 44.2 Å². The fourth-order valence-electron chi connectivity index (χ4n) is 3.40. The van der Waals surface area contributed by atoms with Crippen LogP contribution < -0.4 is 4.90 Å². The standard InChI is InChI=1S/C23H28N4O4S2/c1-5-26(6-2)33(29,30)20-14-10-11-18(15-20)22-24-25-23(31-22)32-16-21(28)27(17(3)4)19-12-8-7-9-13-19/h7-15,17H,5-6,16H2,1-4H3. The van der Waals surface area contributed by atoms with Gasteiger partial charge in [0, 0.05) is 30.4 Å². The molecular formula is C23H28N4O4S2. The van der Waals surface area contributed by atoms with Gasteiger partial charge in [-0.3, -0.25) is 4.79 Å². The van der Waals surface area contributed by atoms with E-state index in [0.717, 1.165) is 17.4 Å². The maximum Gasteiger partial charge on any atom is 0.277 e. The first-order valence-corrected chi connectivity index (χ1v) is 13.1. The van der Waals surface area contributed by atoms with E-state index in [2.05, 4.69) is 10.2 Å². The summed E-state index contributed by atoms with van der Waals surface area (Å²) < 4.78 is 32.7. The molecule has 1 amide bonds. The zero-order valence-corrected chi connectivity index (χ0v) is 20.8. The van der Waals surface area contributed by atoms with Crippen molar-refractivity contribution in [2.24, 2.45) is 0 Å². The molecule has 33 heavy (non-hydrogen) atoms. The minimum absolute atomic E-state index is 0.00533. The summed E-state index contributed by atoms with van der Waals surface area (Å²) in [6.45, 7) is 8.28. The van der Waals surface area contributed by atoms with Crippen LogP contribution in [0.3, 0.4) is 0 Å². The number of hydrogen-bond acceptors (Lipinski definition) is 7. The molecule has 176 valence electrons. The highest BCUT2D eigenvalue weighted by Gasteiger charge is 2.23. The molecule has 0 saturated heterocycles. The summed E-state index contributed by atoms with van der Waals surface area (Å²) in [5.41, 5.74) is 1.33. The van der Waals surface area contributed by atoms with Crippen molar-refractivity contribution in [3.8, 4) is 11.5 Å². The second kappa shape index (κ2) is 11.0. The van der Waals surface area contributed by atoms with Crippen LogP contribution in [0.5, 0.6) is 0 Å². The van der Waals surface area contributed by atoms with Crippen molar-refractivity contribution in [2.45, 2.75) is 43.9 Å². The molecule has 0 fully saturated rings. The van der Waals surface area contributed by atoms with E-state index in [4.69, 9.17) is 4.42 Å². The average Bonchev–Trinajstić information content (AvgIpc) is 3.28. The Labute approximate surface area is 199 Å². The van der Waals surface area contributed by atoms with Gasteiger partial charge in [-0.05, 0) is 44.2 Å². The molecule has 1 aromatic heterocycles. The molecule has 3 aromatic rings. The van der Waals surface area contributed by atoms with Crippen LogP contribution in [-0.4, -0.2) is 53.7 Å². The number of anilines is 1. The van der Waals surface area contributed by atoms with Crippen molar-refractivity contribution in [1.82, 2.24) is 14.5 Å². The molecule has 0 unspecified atom stereocenters. The van der Waals surface area contributed by atoms with Crippen LogP contribution in [0.1, 0.15) is 27.7 Å². The van der Waals surface area contributed by atoms with Crippen LogP contribution in [0.25, 0.3) is 11.5 Å². The van der Waals surface area contributed by atoms with Gasteiger partial charge in [-0.2, -0.15) is 4.31 Å². The molecular weight excluding hydrogens is 460 g/mol. The Morgan fingerprint density at radius 2 is 1.73 bits per heavy atom. The number of hydrogen-bond donors (Lipinski definition) is 0. The Hall–Kier alpha value is -2.69. The minimum Gasteiger partial charge on any atom is -0.411 e. The van der Waals surface area contributed by atoms with Crippen molar-refractivity contribution < 1.29 is 17.6 Å². The van der Waals surface area contributed by atoms with Crippen molar-refractivity contribution >= 4 is 33.4 Å². The van der Waals surface area contributed by atoms with Crippen molar-refractivity contribution in [2.75, 3.05) is 23.7 Å². The van der Waals surface area contributed by atoms with Gasteiger partial charge in [0.1, 0.15) is 0 Å². The van der Waals surface area contributed by atoms with Crippen LogP contribution >= 0.6 is 11.8 Å². The third kappa shape index (κ3) is 5.82. The second-order valence-corrected chi connectivity index (χ2v) is 10.3. The number of carbonyl (C=O) groups is 1. The quantitative estimate of drug-likeness (QED) is 0.393. The highest BCUT2D eigenvalue weighted by molar-refractivity contribution is 7.99. The normalized spacial score (nSPS) is 11.8. The number of amides is 1. The summed E-state index contributed by atoms with van der Waals surface area (Å²) in [4.78, 5) is 14.8. The van der Waals surface area contributed by atoms with E-state index in [0.29, 0.717) is 18.7 Å². The SMILES string of the molecule is CCN(CC)S(=O)(=O)c1cccc(-c2nnc(SCC(=O)N(c3ccccc3)C(C)C)o2)c1. The molecule has 0 aliphatic carbocycles. The predicted octanol–water partition coefficient (Wildman–Crippen LogP) is 4.30. The number of aromatic nitrogens is 2. The summed E-state index contributed by atoms with van der Waals surface area (Å²) in [6.07, 6.45) is 0. The number of para-hydroxylation sites is 1. The third-order valence-electron chi connectivity index (χ3n) is 4.97. The Balaban J connectivity index is 1.74. The highest BCUT2D eigenvalue weighted by Crippen LogP contribution is 2.27. The van der Waals surface area contributed by atoms with Crippen molar-refractivity contribution in [1.29, 1.82) is 0 Å². The van der Waals surface area contributed by atoms with Crippen LogP contribution in [0.4, 0.5) is 5.69 Å². The van der Waals surface area contributed by atoms with Crippen LogP contribution in [0.15, 0.2) is 69.1 Å². The largest absolute Gasteiger partial charge is 0.411 e. The summed E-state index contributed by atoms with van der Waals surface area (Å²) in [5.74, 6) is 0.254. The first-order valence-electron chi connectivity index (χ1n) is 10.7. The van der Waals surface area contributed by atoms with Crippen molar-refractivity contribution in [3.05, 3.63) is 54.6 Å². The van der Waals surface area contributed by atoms with Gasteiger partial charge in [-0.1, -0.05) is 49.9 Å². The summed E-state index contributed by atoms with van der Waals surface area (Å²) in [7, 11) is -3.60. The first kappa shape index (κ1) is 24.9. The fourth-order valence-corrected chi connectivity index (χ4v) is 5.53. The maximum atomic E-state index is 12.9. The number of rotatable bonds is 10. The second-order valence-electron chi connectivity index (χ2n) is 7.47. The molecule has 3 rings (SSSR count). The smallest absolute Gasteiger partial charge is 0.277 e. The van der Waals surface area contributed by atoms with E-state index in [1.54, 1.807) is 36.9 Å². The first-order chi connectivity index (χ1) is 15.8. The maximum absolute atomic E-state index is 12.9. The summed E-state index contributed by atoms with van der Waals surface area (Å²) >= 11 is 1.15. The van der Waals surface area contributed by atoms with Gasteiger partial charge in [0.25, 0.3) is 5.22 Å². The summed E-state index contributed by atoms with van der Waals surface area (Å²) in [6, 6.07) is 15.9. The molecule has 0 spiro atoms. The molecule has 0 saturated carbocycles. The molecule has 0 aliphatic rings. The van der Waals surface area contributed by atoms with Gasteiger partial charge in [0.2, 0.25) is 21.8 Å². The highest BCUT2D eigenvalue weighted by atomic mass is 32.2. The topological polar surface area (TPSA) is 96.6 Å². The molecule has 1 heterocycles. The van der Waals surface area contributed by atoms with Gasteiger partial charge in [0.15, 0.2) is 0 Å². The number of sulfonamides is 1.